The molecule has 5 heteroatoms. The summed E-state index contributed by atoms with van der Waals surface area (Å²) in [6.45, 7) is 0. The average Bonchev–Trinajstić information content (AvgIpc) is 3.08. The second-order valence-electron chi connectivity index (χ2n) is 6.02. The van der Waals surface area contributed by atoms with Crippen molar-refractivity contribution in [2.45, 2.75) is 12.8 Å². The number of hydrogen-bond donors (Lipinski definition) is 0. The Morgan fingerprint density at radius 1 is 1.24 bits per heavy atom. The Morgan fingerprint density at radius 3 is 2.88 bits per heavy atom. The molecule has 0 amide bonds. The number of rotatable bonds is 4. The summed E-state index contributed by atoms with van der Waals surface area (Å²) in [7, 11) is 1.69. The number of ether oxygens (including phenoxy) is 1. The van der Waals surface area contributed by atoms with Gasteiger partial charge in [-0.15, -0.1) is 0 Å². The lowest BCUT2D eigenvalue weighted by molar-refractivity contribution is 0.408. The Bertz CT molecular complexity index is 942. The lowest BCUT2D eigenvalue weighted by atomic mass is 9.95. The fourth-order valence-corrected chi connectivity index (χ4v) is 3.30. The molecule has 4 rings (SSSR count). The van der Waals surface area contributed by atoms with E-state index in [9.17, 15) is 0 Å². The molecule has 0 saturated heterocycles. The van der Waals surface area contributed by atoms with E-state index in [1.165, 1.54) is 0 Å². The van der Waals surface area contributed by atoms with Crippen molar-refractivity contribution in [1.82, 2.24) is 4.98 Å². The fourth-order valence-electron chi connectivity index (χ4n) is 3.00. The molecule has 0 fully saturated rings. The van der Waals surface area contributed by atoms with Crippen LogP contribution in [0, 0.1) is 5.92 Å². The molecule has 2 heterocycles. The van der Waals surface area contributed by atoms with E-state index in [1.807, 2.05) is 42.6 Å². The number of methoxy groups -OCH3 is 1. The summed E-state index contributed by atoms with van der Waals surface area (Å²) in [5.41, 5.74) is 3.72. The predicted molar refractivity (Wildman–Crippen MR) is 103 cm³/mol. The minimum Gasteiger partial charge on any atom is -0.496 e. The summed E-state index contributed by atoms with van der Waals surface area (Å²) in [6.07, 6.45) is 5.96. The first-order valence-corrected chi connectivity index (χ1v) is 8.95. The minimum atomic E-state index is 0.380. The first-order chi connectivity index (χ1) is 12.2. The molecule has 0 aliphatic carbocycles. The molecule has 25 heavy (non-hydrogen) atoms. The van der Waals surface area contributed by atoms with E-state index in [0.29, 0.717) is 11.8 Å². The zero-order valence-electron chi connectivity index (χ0n) is 13.8. The van der Waals surface area contributed by atoms with Gasteiger partial charge in [-0.05, 0) is 58.6 Å². The molecule has 1 aliphatic heterocycles. The molecule has 0 spiro atoms. The molecule has 0 radical (unpaired) electrons. The highest BCUT2D eigenvalue weighted by Crippen LogP contribution is 2.31. The molecule has 3 aromatic rings. The number of halogens is 1. The van der Waals surface area contributed by atoms with Gasteiger partial charge in [0.2, 0.25) is 5.89 Å². The molecule has 4 nitrogen and oxygen atoms in total. The van der Waals surface area contributed by atoms with E-state index >= 15 is 0 Å². The van der Waals surface area contributed by atoms with Crippen molar-refractivity contribution in [1.29, 1.82) is 0 Å². The number of para-hydroxylation sites is 2. The molecule has 0 N–H and O–H groups in total. The average molecular weight is 397 g/mol. The normalized spacial score (nSPS) is 16.9. The van der Waals surface area contributed by atoms with E-state index in [2.05, 4.69) is 38.0 Å². The summed E-state index contributed by atoms with van der Waals surface area (Å²) in [4.78, 5) is 8.90. The molecule has 1 aliphatic rings. The van der Waals surface area contributed by atoms with Gasteiger partial charge in [-0.25, -0.2) is 4.98 Å². The van der Waals surface area contributed by atoms with Crippen LogP contribution in [0.25, 0.3) is 22.6 Å². The number of aromatic nitrogens is 1. The van der Waals surface area contributed by atoms with Crippen LogP contribution in [0.4, 0.5) is 0 Å². The molecule has 0 bridgehead atoms. The first kappa shape index (κ1) is 16.1. The van der Waals surface area contributed by atoms with Gasteiger partial charge >= 0.3 is 0 Å². The SMILES string of the molecule is COc1cc(-c2nc3ccccc3o2)ccc1CC1C=NC(Br)=CC1. The van der Waals surface area contributed by atoms with Crippen molar-refractivity contribution in [3.63, 3.8) is 0 Å². The van der Waals surface area contributed by atoms with E-state index in [0.717, 1.165) is 45.4 Å². The van der Waals surface area contributed by atoms with Gasteiger partial charge in [0.25, 0.3) is 0 Å². The molecule has 0 saturated carbocycles. The number of benzene rings is 2. The van der Waals surface area contributed by atoms with Gasteiger partial charge in [-0.1, -0.05) is 24.3 Å². The van der Waals surface area contributed by atoms with E-state index in [1.54, 1.807) is 7.11 Å². The Hall–Kier alpha value is -2.40. The second kappa shape index (κ2) is 6.84. The van der Waals surface area contributed by atoms with Crippen molar-refractivity contribution in [3.8, 4) is 17.2 Å². The number of fused-ring (bicyclic) bond motifs is 1. The van der Waals surface area contributed by atoms with E-state index in [4.69, 9.17) is 9.15 Å². The largest absolute Gasteiger partial charge is 0.496 e. The Kier molecular flexibility index (Phi) is 4.40. The molecule has 126 valence electrons. The third-order valence-corrected chi connectivity index (χ3v) is 4.84. The highest BCUT2D eigenvalue weighted by Gasteiger charge is 2.15. The Balaban J connectivity index is 1.62. The highest BCUT2D eigenvalue weighted by atomic mass is 79.9. The Labute approximate surface area is 154 Å². The highest BCUT2D eigenvalue weighted by molar-refractivity contribution is 9.11. The van der Waals surface area contributed by atoms with Crippen molar-refractivity contribution < 1.29 is 9.15 Å². The van der Waals surface area contributed by atoms with Crippen molar-refractivity contribution in [2.24, 2.45) is 10.9 Å². The first-order valence-electron chi connectivity index (χ1n) is 8.15. The fraction of sp³-hybridized carbons (Fsp3) is 0.200. The van der Waals surface area contributed by atoms with Gasteiger partial charge in [0.15, 0.2) is 5.58 Å². The van der Waals surface area contributed by atoms with Crippen LogP contribution in [0.3, 0.4) is 0 Å². The van der Waals surface area contributed by atoms with E-state index < -0.39 is 0 Å². The number of allylic oxidation sites excluding steroid dienone is 1. The summed E-state index contributed by atoms with van der Waals surface area (Å²) in [6, 6.07) is 13.9. The maximum atomic E-state index is 5.85. The van der Waals surface area contributed by atoms with Gasteiger partial charge < -0.3 is 9.15 Å². The summed E-state index contributed by atoms with van der Waals surface area (Å²) < 4.78 is 12.4. The van der Waals surface area contributed by atoms with Gasteiger partial charge in [-0.2, -0.15) is 0 Å². The zero-order chi connectivity index (χ0) is 17.2. The second-order valence-corrected chi connectivity index (χ2v) is 6.83. The van der Waals surface area contributed by atoms with Crippen LogP contribution in [0.1, 0.15) is 12.0 Å². The molecule has 2 aromatic carbocycles. The third-order valence-electron chi connectivity index (χ3n) is 4.31. The lowest BCUT2D eigenvalue weighted by Crippen LogP contribution is -2.09. The summed E-state index contributed by atoms with van der Waals surface area (Å²) in [5.74, 6) is 1.84. The van der Waals surface area contributed by atoms with Gasteiger partial charge in [0.1, 0.15) is 15.9 Å². The van der Waals surface area contributed by atoms with Gasteiger partial charge in [0.05, 0.1) is 7.11 Å². The zero-order valence-corrected chi connectivity index (χ0v) is 15.4. The van der Waals surface area contributed by atoms with Crippen molar-refractivity contribution in [2.75, 3.05) is 7.11 Å². The minimum absolute atomic E-state index is 0.380. The predicted octanol–water partition coefficient (Wildman–Crippen LogP) is 5.37. The summed E-state index contributed by atoms with van der Waals surface area (Å²) >= 11 is 3.40. The number of oxazole rings is 1. The Morgan fingerprint density at radius 2 is 2.12 bits per heavy atom. The third kappa shape index (κ3) is 3.37. The van der Waals surface area contributed by atoms with Crippen LogP contribution in [0.5, 0.6) is 5.75 Å². The van der Waals surface area contributed by atoms with Crippen LogP contribution in [0.2, 0.25) is 0 Å². The van der Waals surface area contributed by atoms with Crippen LogP contribution >= 0.6 is 15.9 Å². The maximum absolute atomic E-state index is 5.85. The molecular formula is C20H17BrN2O2. The molecule has 1 unspecified atom stereocenters. The van der Waals surface area contributed by atoms with Crippen LogP contribution < -0.4 is 4.74 Å². The lowest BCUT2D eigenvalue weighted by Gasteiger charge is -2.16. The molecular weight excluding hydrogens is 380 g/mol. The quantitative estimate of drug-likeness (QED) is 0.556. The van der Waals surface area contributed by atoms with Crippen LogP contribution in [0.15, 0.2) is 62.6 Å². The summed E-state index contributed by atoms with van der Waals surface area (Å²) in [5, 5.41) is 0. The van der Waals surface area contributed by atoms with Crippen molar-refractivity contribution >= 4 is 33.2 Å². The standard InChI is InChI=1S/C20H17BrN2O2/c1-24-18-11-15(20-23-16-4-2-3-5-17(16)25-20)8-7-14(18)10-13-6-9-19(21)22-12-13/h2-5,7-9,11-13H,6,10H2,1H3. The van der Waals surface area contributed by atoms with Crippen LogP contribution in [-0.4, -0.2) is 18.3 Å². The van der Waals surface area contributed by atoms with Crippen LogP contribution in [-0.2, 0) is 6.42 Å². The number of nitrogens with zero attached hydrogens (tertiary/aromatic N) is 2. The van der Waals surface area contributed by atoms with Gasteiger partial charge in [-0.3, -0.25) is 4.99 Å². The smallest absolute Gasteiger partial charge is 0.227 e. The van der Waals surface area contributed by atoms with Gasteiger partial charge in [0, 0.05) is 17.7 Å². The molecule has 1 aromatic heterocycles. The topological polar surface area (TPSA) is 47.6 Å². The van der Waals surface area contributed by atoms with E-state index in [-0.39, 0.29) is 0 Å². The molecule has 1 atom stereocenters. The number of aliphatic imine (C=N–C) groups is 1. The number of hydrogen-bond acceptors (Lipinski definition) is 4. The maximum Gasteiger partial charge on any atom is 0.227 e. The van der Waals surface area contributed by atoms with Crippen molar-refractivity contribution in [3.05, 3.63) is 58.7 Å². The monoisotopic (exact) mass is 396 g/mol.